The maximum Gasteiger partial charge on any atom is 0.344 e. The third kappa shape index (κ3) is 12.1. The maximum absolute atomic E-state index is 11.8. The average Bonchev–Trinajstić information content (AvgIpc) is 2.59. The minimum atomic E-state index is -0.576. The van der Waals surface area contributed by atoms with E-state index in [2.05, 4.69) is 45.7 Å². The molecule has 0 aliphatic rings. The minimum Gasteiger partial charge on any atom is -0.482 e. The highest BCUT2D eigenvalue weighted by Crippen LogP contribution is 2.30. The number of hydrogen-bond acceptors (Lipinski definition) is 5. The predicted molar refractivity (Wildman–Crippen MR) is 117 cm³/mol. The van der Waals surface area contributed by atoms with Crippen LogP contribution in [0.25, 0.3) is 0 Å². The summed E-state index contributed by atoms with van der Waals surface area (Å²) in [6.07, 6.45) is 1.25. The highest BCUT2D eigenvalue weighted by molar-refractivity contribution is 9.10. The van der Waals surface area contributed by atoms with Crippen LogP contribution in [0.5, 0.6) is 5.75 Å². The van der Waals surface area contributed by atoms with Gasteiger partial charge in [0.25, 0.3) is 0 Å². The summed E-state index contributed by atoms with van der Waals surface area (Å²) < 4.78 is 16.1. The molecular weight excluding hydrogens is 480 g/mol. The zero-order valence-corrected chi connectivity index (χ0v) is 20.7. The average molecular weight is 512 g/mol. The number of carbonyl (C=O) groups excluding carboxylic acids is 2. The lowest BCUT2D eigenvalue weighted by atomic mass is 10.1. The topological polar surface area (TPSA) is 61.8 Å². The van der Waals surface area contributed by atoms with Crippen molar-refractivity contribution in [2.75, 3.05) is 13.7 Å². The molecule has 0 N–H and O–H groups in total. The van der Waals surface area contributed by atoms with Gasteiger partial charge in [-0.3, -0.25) is 0 Å². The van der Waals surface area contributed by atoms with E-state index in [4.69, 9.17) is 14.2 Å². The third-order valence-corrected chi connectivity index (χ3v) is 3.50. The van der Waals surface area contributed by atoms with E-state index in [1.807, 2.05) is 13.8 Å². The van der Waals surface area contributed by atoms with Crippen molar-refractivity contribution in [1.29, 1.82) is 0 Å². The van der Waals surface area contributed by atoms with Gasteiger partial charge in [0, 0.05) is 15.4 Å². The zero-order valence-electron chi connectivity index (χ0n) is 17.6. The summed E-state index contributed by atoms with van der Waals surface area (Å²) in [5.41, 5.74) is 0.402. The molecule has 5 nitrogen and oxygen atoms in total. The molecule has 1 aromatic rings. The summed E-state index contributed by atoms with van der Waals surface area (Å²) in [6.45, 7) is 13.4. The molecule has 0 atom stereocenters. The predicted octanol–water partition coefficient (Wildman–Crippen LogP) is 6.29. The molecule has 0 aliphatic carbocycles. The van der Waals surface area contributed by atoms with Gasteiger partial charge in [0.05, 0.1) is 12.7 Å². The zero-order chi connectivity index (χ0) is 21.6. The summed E-state index contributed by atoms with van der Waals surface area (Å²) in [4.78, 5) is 23.5. The van der Waals surface area contributed by atoms with Crippen LogP contribution in [0.2, 0.25) is 0 Å². The molecule has 0 aromatic heterocycles. The molecule has 0 aliphatic heterocycles. The van der Waals surface area contributed by atoms with E-state index < -0.39 is 17.5 Å². The smallest absolute Gasteiger partial charge is 0.344 e. The fourth-order valence-electron chi connectivity index (χ4n) is 1.68. The number of carbonyl (C=O) groups is 2. The molecule has 0 unspecified atom stereocenters. The Kier molecular flexibility index (Phi) is 15.5. The lowest BCUT2D eigenvalue weighted by molar-refractivity contribution is -0.157. The second-order valence-electron chi connectivity index (χ2n) is 6.14. The quantitative estimate of drug-likeness (QED) is 0.343. The van der Waals surface area contributed by atoms with E-state index >= 15 is 0 Å². The molecule has 7 heteroatoms. The van der Waals surface area contributed by atoms with Gasteiger partial charge in [-0.25, -0.2) is 9.59 Å². The molecular formula is C20H32Br2O5. The van der Waals surface area contributed by atoms with Gasteiger partial charge >= 0.3 is 11.9 Å². The molecule has 0 fully saturated rings. The van der Waals surface area contributed by atoms with E-state index in [0.717, 1.165) is 0 Å². The van der Waals surface area contributed by atoms with Crippen LogP contribution in [0.4, 0.5) is 0 Å². The van der Waals surface area contributed by atoms with Gasteiger partial charge in [0.15, 0.2) is 6.61 Å². The van der Waals surface area contributed by atoms with Crippen LogP contribution < -0.4 is 4.74 Å². The Morgan fingerprint density at radius 3 is 2.04 bits per heavy atom. The lowest BCUT2D eigenvalue weighted by Gasteiger charge is -2.20. The Morgan fingerprint density at radius 1 is 1.11 bits per heavy atom. The number of rotatable bonds is 5. The molecule has 0 radical (unpaired) electrons. The monoisotopic (exact) mass is 510 g/mol. The summed E-state index contributed by atoms with van der Waals surface area (Å²) >= 11 is 6.63. The fraction of sp³-hybridized carbons (Fsp3) is 0.600. The van der Waals surface area contributed by atoms with Crippen LogP contribution in [0.3, 0.4) is 0 Å². The van der Waals surface area contributed by atoms with Crippen molar-refractivity contribution in [2.24, 2.45) is 0 Å². The molecule has 156 valence electrons. The summed E-state index contributed by atoms with van der Waals surface area (Å²) in [5, 5.41) is 0.383. The van der Waals surface area contributed by atoms with Gasteiger partial charge < -0.3 is 14.2 Å². The van der Waals surface area contributed by atoms with E-state index in [9.17, 15) is 9.59 Å². The van der Waals surface area contributed by atoms with Gasteiger partial charge in [0.1, 0.15) is 11.4 Å². The van der Waals surface area contributed by atoms with Crippen LogP contribution in [0.15, 0.2) is 16.6 Å². The first-order chi connectivity index (χ1) is 12.6. The molecule has 1 aromatic carbocycles. The van der Waals surface area contributed by atoms with Crippen LogP contribution in [0.1, 0.15) is 70.8 Å². The highest BCUT2D eigenvalue weighted by Gasteiger charge is 2.20. The summed E-state index contributed by atoms with van der Waals surface area (Å²) in [5.74, 6) is -0.539. The Bertz CT molecular complexity index is 580. The lowest BCUT2D eigenvalue weighted by Crippen LogP contribution is -2.27. The van der Waals surface area contributed by atoms with Gasteiger partial charge in [-0.2, -0.15) is 0 Å². The molecule has 0 amide bonds. The van der Waals surface area contributed by atoms with Crippen molar-refractivity contribution in [3.63, 3.8) is 0 Å². The second-order valence-corrected chi connectivity index (χ2v) is 7.61. The SMILES string of the molecule is CC.CCC.COC(=O)c1cc(Br)cc(OCC(=O)OC(C)(C)C)c1CBr. The van der Waals surface area contributed by atoms with Gasteiger partial charge in [-0.05, 0) is 32.9 Å². The Morgan fingerprint density at radius 2 is 1.63 bits per heavy atom. The number of benzene rings is 1. The third-order valence-electron chi connectivity index (χ3n) is 2.48. The molecule has 0 saturated carbocycles. The summed E-state index contributed by atoms with van der Waals surface area (Å²) in [7, 11) is 1.31. The number of ether oxygens (including phenoxy) is 3. The van der Waals surface area contributed by atoms with Crippen LogP contribution >= 0.6 is 31.9 Å². The Balaban J connectivity index is 0. The van der Waals surface area contributed by atoms with Crippen LogP contribution in [0, 0.1) is 0 Å². The van der Waals surface area contributed by atoms with Crippen molar-refractivity contribution in [3.8, 4) is 5.75 Å². The van der Waals surface area contributed by atoms with E-state index in [-0.39, 0.29) is 6.61 Å². The first-order valence-corrected chi connectivity index (χ1v) is 10.8. The number of hydrogen-bond donors (Lipinski definition) is 0. The van der Waals surface area contributed by atoms with Gasteiger partial charge in [-0.1, -0.05) is 66.0 Å². The Hall–Kier alpha value is -1.08. The maximum atomic E-state index is 11.8. The number of halogens is 2. The number of alkyl halides is 1. The van der Waals surface area contributed by atoms with Crippen molar-refractivity contribution in [3.05, 3.63) is 27.7 Å². The highest BCUT2D eigenvalue weighted by atomic mass is 79.9. The first kappa shape index (κ1) is 28.1. The van der Waals surface area contributed by atoms with Gasteiger partial charge in [0.2, 0.25) is 0 Å². The molecule has 1 rings (SSSR count). The van der Waals surface area contributed by atoms with Gasteiger partial charge in [-0.15, -0.1) is 0 Å². The molecule has 0 saturated heterocycles. The first-order valence-electron chi connectivity index (χ1n) is 8.90. The second kappa shape index (κ2) is 14.9. The normalized spacial score (nSPS) is 9.85. The standard InChI is InChI=1S/C15H18Br2O5.C3H8.C2H6/c1-15(2,3)22-13(18)8-21-12-6-9(17)5-10(11(12)7-16)14(19)20-4;1-3-2;1-2/h5-6H,7-8H2,1-4H3;3H2,1-2H3;1-2H3. The van der Waals surface area contributed by atoms with Crippen molar-refractivity contribution in [1.82, 2.24) is 0 Å². The molecule has 0 bridgehead atoms. The van der Waals surface area contributed by atoms with Crippen molar-refractivity contribution >= 4 is 43.8 Å². The molecule has 0 heterocycles. The van der Waals surface area contributed by atoms with E-state index in [1.165, 1.54) is 13.5 Å². The Labute approximate surface area is 180 Å². The largest absolute Gasteiger partial charge is 0.482 e. The number of esters is 2. The summed E-state index contributed by atoms with van der Waals surface area (Å²) in [6, 6.07) is 3.33. The van der Waals surface area contributed by atoms with Crippen molar-refractivity contribution in [2.45, 2.75) is 65.8 Å². The van der Waals surface area contributed by atoms with Crippen LogP contribution in [-0.2, 0) is 19.6 Å². The number of methoxy groups -OCH3 is 1. The fourth-order valence-corrected chi connectivity index (χ4v) is 2.69. The van der Waals surface area contributed by atoms with E-state index in [1.54, 1.807) is 32.9 Å². The molecule has 0 spiro atoms. The van der Waals surface area contributed by atoms with Crippen LogP contribution in [-0.4, -0.2) is 31.3 Å². The van der Waals surface area contributed by atoms with Crippen molar-refractivity contribution < 1.29 is 23.8 Å². The molecule has 27 heavy (non-hydrogen) atoms. The minimum absolute atomic E-state index is 0.242. The van der Waals surface area contributed by atoms with E-state index in [0.29, 0.717) is 26.7 Å².